The Kier molecular flexibility index (Phi) is 4.98. The van der Waals surface area contributed by atoms with Crippen LogP contribution in [0.3, 0.4) is 0 Å². The molecule has 0 aliphatic heterocycles. The lowest BCUT2D eigenvalue weighted by molar-refractivity contribution is -0.138. The predicted molar refractivity (Wildman–Crippen MR) is 59.8 cm³/mol. The number of rotatable bonds is 7. The summed E-state index contributed by atoms with van der Waals surface area (Å²) in [6, 6.07) is 0.363. The summed E-state index contributed by atoms with van der Waals surface area (Å²) in [6.07, 6.45) is 2.14. The first-order chi connectivity index (χ1) is 7.63. The quantitative estimate of drug-likeness (QED) is 0.472. The Bertz CT molecular complexity index is 285. The van der Waals surface area contributed by atoms with Crippen molar-refractivity contribution in [3.8, 4) is 0 Å². The molecule has 90 valence electrons. The monoisotopic (exact) mass is 226 g/mol. The molecule has 5 heteroatoms. The summed E-state index contributed by atoms with van der Waals surface area (Å²) >= 11 is 0. The maximum Gasteiger partial charge on any atom is 0.334 e. The van der Waals surface area contributed by atoms with Crippen LogP contribution < -0.4 is 10.6 Å². The molecule has 1 rings (SSSR count). The summed E-state index contributed by atoms with van der Waals surface area (Å²) in [5.74, 6) is -0.461. The van der Waals surface area contributed by atoms with Crippen molar-refractivity contribution in [2.75, 3.05) is 19.7 Å². The Morgan fingerprint density at radius 3 is 2.62 bits per heavy atom. The summed E-state index contributed by atoms with van der Waals surface area (Å²) in [5.41, 5.74) is 0.334. The second-order valence-corrected chi connectivity index (χ2v) is 3.77. The van der Waals surface area contributed by atoms with E-state index in [2.05, 4.69) is 17.2 Å². The van der Waals surface area contributed by atoms with Gasteiger partial charge in [0.25, 0.3) is 0 Å². The Balaban J connectivity index is 2.06. The zero-order valence-electron chi connectivity index (χ0n) is 9.54. The largest absolute Gasteiger partial charge is 0.463 e. The molecule has 1 aliphatic carbocycles. The van der Waals surface area contributed by atoms with Gasteiger partial charge < -0.3 is 15.4 Å². The van der Waals surface area contributed by atoms with E-state index in [9.17, 15) is 9.59 Å². The van der Waals surface area contributed by atoms with Crippen LogP contribution in [0.4, 0.5) is 0 Å². The van der Waals surface area contributed by atoms with Crippen LogP contribution >= 0.6 is 0 Å². The molecule has 0 radical (unpaired) electrons. The molecule has 5 nitrogen and oxygen atoms in total. The number of hydrogen-bond donors (Lipinski definition) is 2. The van der Waals surface area contributed by atoms with Crippen molar-refractivity contribution >= 4 is 11.9 Å². The molecule has 0 aromatic heterocycles. The number of nitrogens with one attached hydrogen (secondary N) is 2. The van der Waals surface area contributed by atoms with Crippen LogP contribution in [0, 0.1) is 0 Å². The number of carbonyl (C=O) groups excluding carboxylic acids is 2. The normalized spacial score (nSPS) is 14.3. The molecule has 0 aromatic carbocycles. The number of carbonyl (C=O) groups is 2. The van der Waals surface area contributed by atoms with E-state index in [4.69, 9.17) is 4.74 Å². The van der Waals surface area contributed by atoms with Gasteiger partial charge in [-0.2, -0.15) is 0 Å². The van der Waals surface area contributed by atoms with E-state index in [1.807, 2.05) is 0 Å². The van der Waals surface area contributed by atoms with E-state index in [0.717, 1.165) is 12.8 Å². The van der Waals surface area contributed by atoms with Gasteiger partial charge in [-0.25, -0.2) is 4.79 Å². The minimum absolute atomic E-state index is 0.0424. The fourth-order valence-corrected chi connectivity index (χ4v) is 1.14. The van der Waals surface area contributed by atoms with E-state index in [-0.39, 0.29) is 19.0 Å². The van der Waals surface area contributed by atoms with Gasteiger partial charge in [0.05, 0.1) is 13.2 Å². The lowest BCUT2D eigenvalue weighted by Crippen LogP contribution is -2.36. The zero-order chi connectivity index (χ0) is 12.0. The van der Waals surface area contributed by atoms with Gasteiger partial charge in [0.2, 0.25) is 5.91 Å². The maximum absolute atomic E-state index is 11.3. The summed E-state index contributed by atoms with van der Waals surface area (Å²) < 4.78 is 4.76. The minimum atomic E-state index is -0.419. The van der Waals surface area contributed by atoms with Gasteiger partial charge in [-0.1, -0.05) is 6.58 Å². The summed E-state index contributed by atoms with van der Waals surface area (Å²) in [6.45, 7) is 6.12. The smallest absolute Gasteiger partial charge is 0.334 e. The Labute approximate surface area is 95.2 Å². The lowest BCUT2D eigenvalue weighted by Gasteiger charge is -2.07. The minimum Gasteiger partial charge on any atom is -0.463 e. The Morgan fingerprint density at radius 1 is 1.38 bits per heavy atom. The molecule has 1 fully saturated rings. The molecule has 0 saturated heterocycles. The summed E-state index contributed by atoms with van der Waals surface area (Å²) in [5, 5.41) is 5.68. The third-order valence-corrected chi connectivity index (χ3v) is 2.13. The van der Waals surface area contributed by atoms with E-state index in [1.54, 1.807) is 6.92 Å². The summed E-state index contributed by atoms with van der Waals surface area (Å²) in [4.78, 5) is 22.4. The molecule has 16 heavy (non-hydrogen) atoms. The highest BCUT2D eigenvalue weighted by atomic mass is 16.5. The van der Waals surface area contributed by atoms with Crippen LogP contribution in [0.1, 0.15) is 19.8 Å². The number of hydrogen-bond acceptors (Lipinski definition) is 4. The van der Waals surface area contributed by atoms with Gasteiger partial charge in [0.1, 0.15) is 0 Å². The lowest BCUT2D eigenvalue weighted by atomic mass is 10.3. The number of esters is 1. The Morgan fingerprint density at radius 2 is 2.06 bits per heavy atom. The van der Waals surface area contributed by atoms with E-state index in [1.165, 1.54) is 0 Å². The average Bonchev–Trinajstić information content (AvgIpc) is 3.01. The molecular weight excluding hydrogens is 208 g/mol. The topological polar surface area (TPSA) is 67.4 Å². The molecular formula is C11H18N2O3. The van der Waals surface area contributed by atoms with Gasteiger partial charge >= 0.3 is 5.97 Å². The second kappa shape index (κ2) is 6.27. The third kappa shape index (κ3) is 4.93. The maximum atomic E-state index is 11.3. The van der Waals surface area contributed by atoms with Crippen molar-refractivity contribution in [1.29, 1.82) is 0 Å². The molecule has 1 saturated carbocycles. The van der Waals surface area contributed by atoms with Crippen LogP contribution in [-0.2, 0) is 14.3 Å². The standard InChI is InChI=1S/C11H18N2O3/c1-3-16-11(15)8(2)6-12-7-10(14)13-9-4-5-9/h9,12H,2-7H2,1H3,(H,13,14). The van der Waals surface area contributed by atoms with Crippen molar-refractivity contribution in [2.45, 2.75) is 25.8 Å². The SMILES string of the molecule is C=C(CNCC(=O)NC1CC1)C(=O)OCC. The molecule has 0 spiro atoms. The molecule has 1 amide bonds. The first kappa shape index (κ1) is 12.7. The number of ether oxygens (including phenoxy) is 1. The molecule has 0 heterocycles. The summed E-state index contributed by atoms with van der Waals surface area (Å²) in [7, 11) is 0. The van der Waals surface area contributed by atoms with E-state index in [0.29, 0.717) is 18.2 Å². The van der Waals surface area contributed by atoms with E-state index >= 15 is 0 Å². The first-order valence-corrected chi connectivity index (χ1v) is 5.48. The molecule has 2 N–H and O–H groups in total. The second-order valence-electron chi connectivity index (χ2n) is 3.77. The number of amides is 1. The van der Waals surface area contributed by atoms with Crippen molar-refractivity contribution in [2.24, 2.45) is 0 Å². The molecule has 0 atom stereocenters. The average molecular weight is 226 g/mol. The predicted octanol–water partition coefficient (Wildman–Crippen LogP) is -0.0261. The molecule has 1 aliphatic rings. The highest BCUT2D eigenvalue weighted by Gasteiger charge is 2.22. The zero-order valence-corrected chi connectivity index (χ0v) is 9.54. The molecule has 0 bridgehead atoms. The van der Waals surface area contributed by atoms with Gasteiger partial charge in [0, 0.05) is 18.2 Å². The van der Waals surface area contributed by atoms with Crippen LogP contribution in [0.5, 0.6) is 0 Å². The fourth-order valence-electron chi connectivity index (χ4n) is 1.14. The highest BCUT2D eigenvalue weighted by Crippen LogP contribution is 2.18. The van der Waals surface area contributed by atoms with Crippen molar-refractivity contribution in [1.82, 2.24) is 10.6 Å². The van der Waals surface area contributed by atoms with Crippen LogP contribution in [0.15, 0.2) is 12.2 Å². The van der Waals surface area contributed by atoms with Gasteiger partial charge in [0.15, 0.2) is 0 Å². The van der Waals surface area contributed by atoms with Crippen LogP contribution in [0.25, 0.3) is 0 Å². The molecule has 0 aromatic rings. The fraction of sp³-hybridized carbons (Fsp3) is 0.636. The van der Waals surface area contributed by atoms with Crippen molar-refractivity contribution < 1.29 is 14.3 Å². The van der Waals surface area contributed by atoms with Gasteiger partial charge in [-0.05, 0) is 19.8 Å². The highest BCUT2D eigenvalue weighted by molar-refractivity contribution is 5.88. The van der Waals surface area contributed by atoms with Gasteiger partial charge in [-0.3, -0.25) is 4.79 Å². The van der Waals surface area contributed by atoms with E-state index < -0.39 is 5.97 Å². The molecule has 0 unspecified atom stereocenters. The van der Waals surface area contributed by atoms with Gasteiger partial charge in [-0.15, -0.1) is 0 Å². The third-order valence-electron chi connectivity index (χ3n) is 2.13. The first-order valence-electron chi connectivity index (χ1n) is 5.48. The van der Waals surface area contributed by atoms with Crippen LogP contribution in [-0.4, -0.2) is 37.6 Å². The van der Waals surface area contributed by atoms with Crippen LogP contribution in [0.2, 0.25) is 0 Å². The Hall–Kier alpha value is -1.36. The van der Waals surface area contributed by atoms with Crippen molar-refractivity contribution in [3.05, 3.63) is 12.2 Å². The van der Waals surface area contributed by atoms with Crippen molar-refractivity contribution in [3.63, 3.8) is 0 Å².